The molecule has 3 rings (SSSR count). The first kappa shape index (κ1) is 15.3. The van der Waals surface area contributed by atoms with Gasteiger partial charge in [-0.2, -0.15) is 0 Å². The number of benzene rings is 2. The van der Waals surface area contributed by atoms with Crippen LogP contribution in [-0.2, 0) is 0 Å². The number of aromatic nitrogens is 1. The number of fused-ring (bicyclic) bond motifs is 1. The molecule has 0 spiro atoms. The normalized spacial score (nSPS) is 11.2. The van der Waals surface area contributed by atoms with Gasteiger partial charge >= 0.3 is 0 Å². The molecule has 0 saturated heterocycles. The number of hydrogen-bond acceptors (Lipinski definition) is 1. The zero-order chi connectivity index (χ0) is 16.6. The van der Waals surface area contributed by atoms with Gasteiger partial charge in [-0.25, -0.2) is 4.39 Å². The number of aromatic amines is 1. The van der Waals surface area contributed by atoms with Crippen molar-refractivity contribution in [2.24, 2.45) is 0 Å². The van der Waals surface area contributed by atoms with Crippen molar-refractivity contribution in [3.05, 3.63) is 65.6 Å². The van der Waals surface area contributed by atoms with Crippen LogP contribution in [0, 0.1) is 5.82 Å². The summed E-state index contributed by atoms with van der Waals surface area (Å²) >= 11 is 0. The molecule has 0 fully saturated rings. The maximum atomic E-state index is 13.8. The lowest BCUT2D eigenvalue weighted by molar-refractivity contribution is 0.0989. The maximum Gasteiger partial charge on any atom is 0.274 e. The molecule has 4 heteroatoms. The number of anilines is 1. The summed E-state index contributed by atoms with van der Waals surface area (Å²) in [6, 6.07) is 14.2. The Balaban J connectivity index is 1.95. The van der Waals surface area contributed by atoms with Crippen LogP contribution < -0.4 is 4.90 Å². The van der Waals surface area contributed by atoms with Gasteiger partial charge < -0.3 is 9.88 Å². The highest BCUT2D eigenvalue weighted by atomic mass is 19.1. The number of rotatable bonds is 3. The Morgan fingerprint density at radius 2 is 1.87 bits per heavy atom. The van der Waals surface area contributed by atoms with Gasteiger partial charge in [0.25, 0.3) is 5.91 Å². The molecule has 1 aromatic heterocycles. The van der Waals surface area contributed by atoms with Crippen molar-refractivity contribution in [1.82, 2.24) is 4.98 Å². The number of carbonyl (C=O) groups is 1. The Bertz CT molecular complexity index is 867. The molecule has 0 bridgehead atoms. The third-order valence-electron chi connectivity index (χ3n) is 4.07. The minimum absolute atomic E-state index is 0.193. The van der Waals surface area contributed by atoms with E-state index >= 15 is 0 Å². The molecule has 2 aromatic carbocycles. The SMILES string of the molecule is CC(C)c1cccc(N(C)C(=O)c2cc3c(F)cccc3[nH]2)c1. The van der Waals surface area contributed by atoms with Crippen molar-refractivity contribution in [2.75, 3.05) is 11.9 Å². The number of amides is 1. The largest absolute Gasteiger partial charge is 0.350 e. The first-order valence-corrected chi connectivity index (χ1v) is 7.62. The van der Waals surface area contributed by atoms with Crippen molar-refractivity contribution in [3.8, 4) is 0 Å². The Hall–Kier alpha value is -2.62. The molecule has 1 N–H and O–H groups in total. The van der Waals surface area contributed by atoms with E-state index in [1.807, 2.05) is 24.3 Å². The molecule has 0 aliphatic carbocycles. The fourth-order valence-corrected chi connectivity index (χ4v) is 2.62. The fourth-order valence-electron chi connectivity index (χ4n) is 2.62. The first-order chi connectivity index (χ1) is 11.0. The van der Waals surface area contributed by atoms with E-state index in [1.54, 1.807) is 30.1 Å². The summed E-state index contributed by atoms with van der Waals surface area (Å²) in [4.78, 5) is 17.3. The average molecular weight is 310 g/mol. The van der Waals surface area contributed by atoms with Crippen LogP contribution >= 0.6 is 0 Å². The van der Waals surface area contributed by atoms with Gasteiger partial charge in [0.2, 0.25) is 0 Å². The Labute approximate surface area is 134 Å². The van der Waals surface area contributed by atoms with E-state index in [0.717, 1.165) is 5.69 Å². The first-order valence-electron chi connectivity index (χ1n) is 7.62. The summed E-state index contributed by atoms with van der Waals surface area (Å²) in [5, 5.41) is 0.431. The summed E-state index contributed by atoms with van der Waals surface area (Å²) in [5.74, 6) is -0.135. The molecule has 118 valence electrons. The molecular formula is C19H19FN2O. The molecule has 0 unspecified atom stereocenters. The molecular weight excluding hydrogens is 291 g/mol. The number of nitrogens with one attached hydrogen (secondary N) is 1. The summed E-state index contributed by atoms with van der Waals surface area (Å²) in [5.41, 5.74) is 2.99. The third-order valence-corrected chi connectivity index (χ3v) is 4.07. The van der Waals surface area contributed by atoms with Crippen LogP contribution in [0.2, 0.25) is 0 Å². The Morgan fingerprint density at radius 3 is 2.57 bits per heavy atom. The number of H-pyrrole nitrogens is 1. The van der Waals surface area contributed by atoms with Gasteiger partial charge in [0, 0.05) is 23.6 Å². The van der Waals surface area contributed by atoms with E-state index in [0.29, 0.717) is 22.5 Å². The van der Waals surface area contributed by atoms with Crippen LogP contribution in [0.3, 0.4) is 0 Å². The van der Waals surface area contributed by atoms with Crippen molar-refractivity contribution >= 4 is 22.5 Å². The average Bonchev–Trinajstić information content (AvgIpc) is 2.99. The highest BCUT2D eigenvalue weighted by molar-refractivity contribution is 6.07. The van der Waals surface area contributed by atoms with Gasteiger partial charge in [0.1, 0.15) is 11.5 Å². The predicted molar refractivity (Wildman–Crippen MR) is 91.5 cm³/mol. The monoisotopic (exact) mass is 310 g/mol. The van der Waals surface area contributed by atoms with Crippen molar-refractivity contribution < 1.29 is 9.18 Å². The molecule has 3 nitrogen and oxygen atoms in total. The summed E-state index contributed by atoms with van der Waals surface area (Å²) in [6.07, 6.45) is 0. The fraction of sp³-hybridized carbons (Fsp3) is 0.211. The molecule has 0 aliphatic heterocycles. The number of hydrogen-bond donors (Lipinski definition) is 1. The zero-order valence-electron chi connectivity index (χ0n) is 13.4. The lowest BCUT2D eigenvalue weighted by atomic mass is 10.0. The summed E-state index contributed by atoms with van der Waals surface area (Å²) in [7, 11) is 1.73. The highest BCUT2D eigenvalue weighted by Gasteiger charge is 2.17. The van der Waals surface area contributed by atoms with E-state index < -0.39 is 0 Å². The van der Waals surface area contributed by atoms with E-state index in [2.05, 4.69) is 18.8 Å². The van der Waals surface area contributed by atoms with E-state index in [1.165, 1.54) is 11.6 Å². The molecule has 0 aliphatic rings. The van der Waals surface area contributed by atoms with Gasteiger partial charge in [0.05, 0.1) is 0 Å². The van der Waals surface area contributed by atoms with Crippen molar-refractivity contribution in [3.63, 3.8) is 0 Å². The smallest absolute Gasteiger partial charge is 0.274 e. The zero-order valence-corrected chi connectivity index (χ0v) is 13.4. The van der Waals surface area contributed by atoms with Gasteiger partial charge in [-0.15, -0.1) is 0 Å². The predicted octanol–water partition coefficient (Wildman–Crippen LogP) is 4.71. The van der Waals surface area contributed by atoms with E-state index in [4.69, 9.17) is 0 Å². The molecule has 0 saturated carbocycles. The second-order valence-electron chi connectivity index (χ2n) is 6.00. The lowest BCUT2D eigenvalue weighted by Crippen LogP contribution is -2.26. The van der Waals surface area contributed by atoms with Gasteiger partial charge in [-0.1, -0.05) is 32.0 Å². The van der Waals surface area contributed by atoms with Crippen LogP contribution in [0.1, 0.15) is 35.8 Å². The topological polar surface area (TPSA) is 36.1 Å². The van der Waals surface area contributed by atoms with Crippen LogP contribution in [0.4, 0.5) is 10.1 Å². The van der Waals surface area contributed by atoms with Crippen LogP contribution in [-0.4, -0.2) is 17.9 Å². The number of halogens is 1. The van der Waals surface area contributed by atoms with Crippen LogP contribution in [0.5, 0.6) is 0 Å². The number of nitrogens with zero attached hydrogens (tertiary/aromatic N) is 1. The van der Waals surface area contributed by atoms with Gasteiger partial charge in [-0.3, -0.25) is 4.79 Å². The standard InChI is InChI=1S/C19H19FN2O/c1-12(2)13-6-4-7-14(10-13)22(3)19(23)18-11-15-16(20)8-5-9-17(15)21-18/h4-12,21H,1-3H3. The van der Waals surface area contributed by atoms with E-state index in [-0.39, 0.29) is 11.7 Å². The lowest BCUT2D eigenvalue weighted by Gasteiger charge is -2.18. The second-order valence-corrected chi connectivity index (χ2v) is 6.00. The second kappa shape index (κ2) is 5.88. The number of carbonyl (C=O) groups excluding carboxylic acids is 1. The molecule has 23 heavy (non-hydrogen) atoms. The Kier molecular flexibility index (Phi) is 3.90. The van der Waals surface area contributed by atoms with Gasteiger partial charge in [0.15, 0.2) is 0 Å². The highest BCUT2D eigenvalue weighted by Crippen LogP contribution is 2.24. The summed E-state index contributed by atoms with van der Waals surface area (Å²) in [6.45, 7) is 4.23. The molecule has 0 atom stereocenters. The summed E-state index contributed by atoms with van der Waals surface area (Å²) < 4.78 is 13.8. The van der Waals surface area contributed by atoms with Crippen LogP contribution in [0.25, 0.3) is 10.9 Å². The maximum absolute atomic E-state index is 13.8. The molecule has 0 radical (unpaired) electrons. The minimum atomic E-state index is -0.331. The van der Waals surface area contributed by atoms with E-state index in [9.17, 15) is 9.18 Å². The van der Waals surface area contributed by atoms with Crippen molar-refractivity contribution in [2.45, 2.75) is 19.8 Å². The van der Waals surface area contributed by atoms with Gasteiger partial charge in [-0.05, 0) is 41.8 Å². The molecule has 1 amide bonds. The Morgan fingerprint density at radius 1 is 1.13 bits per heavy atom. The third kappa shape index (κ3) is 2.84. The molecule has 1 heterocycles. The minimum Gasteiger partial charge on any atom is -0.350 e. The quantitative estimate of drug-likeness (QED) is 0.747. The van der Waals surface area contributed by atoms with Crippen LogP contribution in [0.15, 0.2) is 48.5 Å². The molecule has 3 aromatic rings. The van der Waals surface area contributed by atoms with Crippen molar-refractivity contribution in [1.29, 1.82) is 0 Å².